The van der Waals surface area contributed by atoms with E-state index in [4.69, 9.17) is 4.74 Å². The van der Waals surface area contributed by atoms with E-state index in [0.717, 1.165) is 25.3 Å². The summed E-state index contributed by atoms with van der Waals surface area (Å²) in [7, 11) is 0. The van der Waals surface area contributed by atoms with Crippen molar-refractivity contribution in [2.45, 2.75) is 31.5 Å². The van der Waals surface area contributed by atoms with Gasteiger partial charge in [-0.3, -0.25) is 4.79 Å². The lowest BCUT2D eigenvalue weighted by Gasteiger charge is -2.37. The SMILES string of the molecule is O=C(C1CN(c2ncccc2C(F)(F)F)CCO1)N1CCCCC1. The lowest BCUT2D eigenvalue weighted by atomic mass is 10.1. The highest BCUT2D eigenvalue weighted by molar-refractivity contribution is 5.82. The van der Waals surface area contributed by atoms with Gasteiger partial charge in [-0.05, 0) is 31.4 Å². The highest BCUT2D eigenvalue weighted by Crippen LogP contribution is 2.35. The summed E-state index contributed by atoms with van der Waals surface area (Å²) in [6.07, 6.45) is -0.860. The van der Waals surface area contributed by atoms with Crippen molar-refractivity contribution in [1.29, 1.82) is 0 Å². The number of halogens is 3. The average Bonchev–Trinajstić information content (AvgIpc) is 2.61. The molecule has 2 aliphatic heterocycles. The molecule has 1 atom stereocenters. The lowest BCUT2D eigenvalue weighted by Crippen LogP contribution is -2.52. The molecule has 24 heavy (non-hydrogen) atoms. The molecule has 0 spiro atoms. The van der Waals surface area contributed by atoms with E-state index in [2.05, 4.69) is 4.98 Å². The second kappa shape index (κ2) is 6.96. The Labute approximate surface area is 138 Å². The fourth-order valence-corrected chi connectivity index (χ4v) is 3.18. The maximum absolute atomic E-state index is 13.2. The molecule has 8 heteroatoms. The van der Waals surface area contributed by atoms with Crippen molar-refractivity contribution in [3.05, 3.63) is 23.9 Å². The molecule has 1 unspecified atom stereocenters. The fourth-order valence-electron chi connectivity index (χ4n) is 3.18. The van der Waals surface area contributed by atoms with Crippen LogP contribution in [0.3, 0.4) is 0 Å². The number of nitrogens with zero attached hydrogens (tertiary/aromatic N) is 3. The van der Waals surface area contributed by atoms with Crippen molar-refractivity contribution in [3.8, 4) is 0 Å². The Hall–Kier alpha value is -1.83. The molecule has 0 aliphatic carbocycles. The Morgan fingerprint density at radius 1 is 1.21 bits per heavy atom. The van der Waals surface area contributed by atoms with Crippen molar-refractivity contribution in [1.82, 2.24) is 9.88 Å². The molecule has 3 rings (SSSR count). The number of carbonyl (C=O) groups is 1. The van der Waals surface area contributed by atoms with E-state index in [9.17, 15) is 18.0 Å². The molecule has 2 aliphatic rings. The van der Waals surface area contributed by atoms with Gasteiger partial charge in [-0.1, -0.05) is 0 Å². The van der Waals surface area contributed by atoms with E-state index in [-0.39, 0.29) is 31.4 Å². The number of rotatable bonds is 2. The predicted molar refractivity (Wildman–Crippen MR) is 81.6 cm³/mol. The molecule has 0 radical (unpaired) electrons. The minimum atomic E-state index is -4.48. The summed E-state index contributed by atoms with van der Waals surface area (Å²) in [4.78, 5) is 19.7. The quantitative estimate of drug-likeness (QED) is 0.827. The summed E-state index contributed by atoms with van der Waals surface area (Å²) in [6, 6.07) is 2.28. The average molecular weight is 343 g/mol. The van der Waals surface area contributed by atoms with Crippen LogP contribution in [-0.4, -0.2) is 54.7 Å². The standard InChI is InChI=1S/C16H20F3N3O2/c17-16(18,19)12-5-4-6-20-14(12)22-9-10-24-13(11-22)15(23)21-7-2-1-3-8-21/h4-6,13H,1-3,7-11H2. The molecule has 1 aromatic heterocycles. The van der Waals surface area contributed by atoms with Gasteiger partial charge in [0.15, 0.2) is 6.10 Å². The second-order valence-corrected chi connectivity index (χ2v) is 6.06. The normalized spacial score (nSPS) is 22.5. The van der Waals surface area contributed by atoms with Crippen LogP contribution in [0.15, 0.2) is 18.3 Å². The number of anilines is 1. The summed E-state index contributed by atoms with van der Waals surface area (Å²) in [5.74, 6) is -0.270. The van der Waals surface area contributed by atoms with E-state index in [1.165, 1.54) is 17.2 Å². The number of morpholine rings is 1. The maximum atomic E-state index is 13.2. The first-order valence-electron chi connectivity index (χ1n) is 8.14. The molecule has 1 amide bonds. The molecule has 1 aromatic rings. The molecule has 5 nitrogen and oxygen atoms in total. The molecular weight excluding hydrogens is 323 g/mol. The third-order valence-electron chi connectivity index (χ3n) is 4.40. The van der Waals surface area contributed by atoms with E-state index < -0.39 is 17.8 Å². The van der Waals surface area contributed by atoms with Gasteiger partial charge in [0.05, 0.1) is 18.7 Å². The smallest absolute Gasteiger partial charge is 0.365 e. The van der Waals surface area contributed by atoms with Gasteiger partial charge in [0.25, 0.3) is 5.91 Å². The summed E-state index contributed by atoms with van der Waals surface area (Å²) in [5.41, 5.74) is -0.781. The minimum Gasteiger partial charge on any atom is -0.365 e. The number of ether oxygens (including phenoxy) is 1. The van der Waals surface area contributed by atoms with Crippen LogP contribution in [0.4, 0.5) is 19.0 Å². The zero-order valence-corrected chi connectivity index (χ0v) is 13.3. The Bertz CT molecular complexity index is 588. The van der Waals surface area contributed by atoms with Gasteiger partial charge in [0.1, 0.15) is 5.82 Å². The number of alkyl halides is 3. The Kier molecular flexibility index (Phi) is 4.93. The number of hydrogen-bond acceptors (Lipinski definition) is 4. The third-order valence-corrected chi connectivity index (χ3v) is 4.40. The van der Waals surface area contributed by atoms with Crippen LogP contribution in [0.1, 0.15) is 24.8 Å². The molecule has 0 N–H and O–H groups in total. The molecule has 3 heterocycles. The number of amides is 1. The van der Waals surface area contributed by atoms with Crippen LogP contribution < -0.4 is 4.90 Å². The van der Waals surface area contributed by atoms with Crippen LogP contribution in [0.2, 0.25) is 0 Å². The monoisotopic (exact) mass is 343 g/mol. The highest BCUT2D eigenvalue weighted by atomic mass is 19.4. The number of aromatic nitrogens is 1. The number of likely N-dealkylation sites (tertiary alicyclic amines) is 1. The van der Waals surface area contributed by atoms with Crippen molar-refractivity contribution in [3.63, 3.8) is 0 Å². The largest absolute Gasteiger partial charge is 0.419 e. The van der Waals surface area contributed by atoms with Gasteiger partial charge in [-0.25, -0.2) is 4.98 Å². The van der Waals surface area contributed by atoms with Crippen LogP contribution in [0.25, 0.3) is 0 Å². The van der Waals surface area contributed by atoms with Crippen molar-refractivity contribution >= 4 is 11.7 Å². The Morgan fingerprint density at radius 3 is 2.67 bits per heavy atom. The van der Waals surface area contributed by atoms with Gasteiger partial charge < -0.3 is 14.5 Å². The van der Waals surface area contributed by atoms with Gasteiger partial charge in [-0.15, -0.1) is 0 Å². The fraction of sp³-hybridized carbons (Fsp3) is 0.625. The summed E-state index contributed by atoms with van der Waals surface area (Å²) in [6.45, 7) is 1.96. The topological polar surface area (TPSA) is 45.7 Å². The molecule has 2 saturated heterocycles. The summed E-state index contributed by atoms with van der Waals surface area (Å²) in [5, 5.41) is 0. The highest BCUT2D eigenvalue weighted by Gasteiger charge is 2.38. The summed E-state index contributed by atoms with van der Waals surface area (Å²) < 4.78 is 45.1. The maximum Gasteiger partial charge on any atom is 0.419 e. The van der Waals surface area contributed by atoms with E-state index >= 15 is 0 Å². The van der Waals surface area contributed by atoms with Gasteiger partial charge in [-0.2, -0.15) is 13.2 Å². The van der Waals surface area contributed by atoms with Crippen molar-refractivity contribution in [2.75, 3.05) is 37.7 Å². The number of piperidine rings is 1. The van der Waals surface area contributed by atoms with Crippen LogP contribution >= 0.6 is 0 Å². The first-order valence-corrected chi connectivity index (χ1v) is 8.14. The first kappa shape index (κ1) is 17.0. The predicted octanol–water partition coefficient (Wildman–Crippen LogP) is 2.32. The van der Waals surface area contributed by atoms with Crippen LogP contribution in [-0.2, 0) is 15.7 Å². The van der Waals surface area contributed by atoms with Gasteiger partial charge in [0, 0.05) is 25.8 Å². The second-order valence-electron chi connectivity index (χ2n) is 6.06. The molecule has 132 valence electrons. The zero-order chi connectivity index (χ0) is 17.2. The molecule has 0 aromatic carbocycles. The van der Waals surface area contributed by atoms with E-state index in [0.29, 0.717) is 13.1 Å². The summed E-state index contributed by atoms with van der Waals surface area (Å²) >= 11 is 0. The molecular formula is C16H20F3N3O2. The molecule has 0 bridgehead atoms. The minimum absolute atomic E-state index is 0.0927. The van der Waals surface area contributed by atoms with E-state index in [1.807, 2.05) is 0 Å². The molecule has 0 saturated carbocycles. The zero-order valence-electron chi connectivity index (χ0n) is 13.3. The van der Waals surface area contributed by atoms with Crippen LogP contribution in [0.5, 0.6) is 0 Å². The Balaban J connectivity index is 1.75. The first-order chi connectivity index (χ1) is 11.5. The number of pyridine rings is 1. The third kappa shape index (κ3) is 3.63. The van der Waals surface area contributed by atoms with Gasteiger partial charge in [0.2, 0.25) is 0 Å². The molecule has 2 fully saturated rings. The van der Waals surface area contributed by atoms with Crippen molar-refractivity contribution in [2.24, 2.45) is 0 Å². The lowest BCUT2D eigenvalue weighted by molar-refractivity contribution is -0.145. The van der Waals surface area contributed by atoms with Crippen LogP contribution in [0, 0.1) is 0 Å². The van der Waals surface area contributed by atoms with E-state index in [1.54, 1.807) is 4.90 Å². The number of hydrogen-bond donors (Lipinski definition) is 0. The van der Waals surface area contributed by atoms with Crippen molar-refractivity contribution < 1.29 is 22.7 Å². The number of carbonyl (C=O) groups excluding carboxylic acids is 1. The Morgan fingerprint density at radius 2 is 1.96 bits per heavy atom. The van der Waals surface area contributed by atoms with Gasteiger partial charge >= 0.3 is 6.18 Å².